The van der Waals surface area contributed by atoms with Crippen molar-refractivity contribution in [1.82, 2.24) is 14.5 Å². The molecule has 1 unspecified atom stereocenters. The van der Waals surface area contributed by atoms with Crippen LogP contribution in [0.3, 0.4) is 0 Å². The number of fused-ring (bicyclic) bond motifs is 2. The lowest BCUT2D eigenvalue weighted by atomic mass is 10.0. The van der Waals surface area contributed by atoms with Crippen LogP contribution >= 0.6 is 0 Å². The number of likely N-dealkylation sites (tertiary alicyclic amines) is 1. The van der Waals surface area contributed by atoms with Gasteiger partial charge in [0.05, 0.1) is 29.6 Å². The molecule has 2 aliphatic heterocycles. The van der Waals surface area contributed by atoms with Crippen LogP contribution in [0.1, 0.15) is 38.3 Å². The van der Waals surface area contributed by atoms with Gasteiger partial charge >= 0.3 is 0 Å². The van der Waals surface area contributed by atoms with Crippen molar-refractivity contribution < 1.29 is 4.74 Å². The fraction of sp³-hybridized carbons (Fsp3) is 0.619. The minimum absolute atomic E-state index is 0.198. The molecule has 0 spiro atoms. The molecule has 5 rings (SSSR count). The molecule has 4 heterocycles. The molecule has 0 radical (unpaired) electrons. The molecule has 3 fully saturated rings. The van der Waals surface area contributed by atoms with E-state index < -0.39 is 0 Å². The van der Waals surface area contributed by atoms with E-state index in [1.54, 1.807) is 10.7 Å². The molecule has 1 aliphatic carbocycles. The van der Waals surface area contributed by atoms with E-state index in [4.69, 9.17) is 4.74 Å². The van der Waals surface area contributed by atoms with Gasteiger partial charge in [-0.15, -0.1) is 0 Å². The Balaban J connectivity index is 1.36. The van der Waals surface area contributed by atoms with E-state index in [0.29, 0.717) is 5.69 Å². The Morgan fingerprint density at radius 1 is 1.22 bits per heavy atom. The van der Waals surface area contributed by atoms with Crippen molar-refractivity contribution in [2.24, 2.45) is 5.92 Å². The summed E-state index contributed by atoms with van der Waals surface area (Å²) in [6, 6.07) is 8.94. The van der Waals surface area contributed by atoms with Crippen molar-refractivity contribution in [3.8, 4) is 6.07 Å². The quantitative estimate of drug-likeness (QED) is 0.837. The zero-order chi connectivity index (χ0) is 18.4. The highest BCUT2D eigenvalue weighted by atomic mass is 16.5. The molecule has 0 amide bonds. The maximum Gasteiger partial charge on any atom is 0.142 e. The molecule has 2 saturated heterocycles. The van der Waals surface area contributed by atoms with Gasteiger partial charge in [-0.1, -0.05) is 6.42 Å². The number of hydrogen-bond donors (Lipinski definition) is 0. The van der Waals surface area contributed by atoms with Crippen LogP contribution in [-0.4, -0.2) is 58.9 Å². The third kappa shape index (κ3) is 2.99. The van der Waals surface area contributed by atoms with E-state index in [0.717, 1.165) is 42.8 Å². The van der Waals surface area contributed by atoms with Gasteiger partial charge in [-0.25, -0.2) is 4.52 Å². The molecule has 2 aromatic heterocycles. The maximum absolute atomic E-state index is 9.32. The summed E-state index contributed by atoms with van der Waals surface area (Å²) in [5.41, 5.74) is 2.71. The topological polar surface area (TPSA) is 56.8 Å². The van der Waals surface area contributed by atoms with Crippen LogP contribution in [0.2, 0.25) is 0 Å². The lowest BCUT2D eigenvalue weighted by molar-refractivity contribution is -0.0343. The number of nitrogens with zero attached hydrogens (tertiary/aromatic N) is 5. The average molecular weight is 365 g/mol. The summed E-state index contributed by atoms with van der Waals surface area (Å²) in [5, 5.41) is 13.7. The number of pyridine rings is 1. The first-order valence-electron chi connectivity index (χ1n) is 10.2. The fourth-order valence-electron chi connectivity index (χ4n) is 5.52. The third-order valence-electron chi connectivity index (χ3n) is 6.63. The first-order chi connectivity index (χ1) is 13.2. The number of morpholine rings is 1. The van der Waals surface area contributed by atoms with Crippen LogP contribution in [0.25, 0.3) is 5.52 Å². The van der Waals surface area contributed by atoms with Gasteiger partial charge in [-0.05, 0) is 56.8 Å². The molecule has 6 heteroatoms. The van der Waals surface area contributed by atoms with Crippen LogP contribution in [0.4, 0.5) is 5.69 Å². The van der Waals surface area contributed by atoms with Crippen molar-refractivity contribution in [2.45, 2.75) is 50.9 Å². The zero-order valence-corrected chi connectivity index (χ0v) is 15.9. The second kappa shape index (κ2) is 6.81. The van der Waals surface area contributed by atoms with Crippen LogP contribution in [0.5, 0.6) is 0 Å². The van der Waals surface area contributed by atoms with Crippen LogP contribution in [0.15, 0.2) is 24.4 Å². The minimum atomic E-state index is 0.198. The van der Waals surface area contributed by atoms with Crippen LogP contribution < -0.4 is 4.90 Å². The van der Waals surface area contributed by atoms with E-state index >= 15 is 0 Å². The Morgan fingerprint density at radius 2 is 2.15 bits per heavy atom. The van der Waals surface area contributed by atoms with Crippen molar-refractivity contribution in [3.63, 3.8) is 0 Å². The number of hydrogen-bond acceptors (Lipinski definition) is 5. The molecule has 1 saturated carbocycles. The molecule has 142 valence electrons. The van der Waals surface area contributed by atoms with E-state index in [-0.39, 0.29) is 12.2 Å². The summed E-state index contributed by atoms with van der Waals surface area (Å²) in [4.78, 5) is 5.10. The fourth-order valence-corrected chi connectivity index (χ4v) is 5.52. The molecule has 4 atom stereocenters. The first kappa shape index (κ1) is 17.0. The van der Waals surface area contributed by atoms with Gasteiger partial charge in [0.25, 0.3) is 0 Å². The number of aromatic nitrogens is 2. The Hall–Kier alpha value is -2.10. The molecule has 3 aliphatic rings. The predicted molar refractivity (Wildman–Crippen MR) is 104 cm³/mol. The average Bonchev–Trinajstić information content (AvgIpc) is 3.38. The normalized spacial score (nSPS) is 31.3. The summed E-state index contributed by atoms with van der Waals surface area (Å²) in [6.45, 7) is 6.19. The molecule has 0 bridgehead atoms. The standard InChI is InChI=1S/C21H27N5O/c1-15-12-25(20-6-5-17(11-22)26-21(20)7-9-23-26)14-18(27-15)13-24-10-8-16-3-2-4-19(16)24/h5-7,9,15-16,18-19H,2-4,8,10,12-14H2,1H3/t15-,16+,18+,19?/m1/s1. The minimum Gasteiger partial charge on any atom is -0.370 e. The van der Waals surface area contributed by atoms with Gasteiger partial charge in [-0.3, -0.25) is 4.90 Å². The Morgan fingerprint density at radius 3 is 3.04 bits per heavy atom. The third-order valence-corrected chi connectivity index (χ3v) is 6.63. The number of rotatable bonds is 3. The SMILES string of the molecule is C[C@@H]1CN(c2ccc(C#N)n3nccc23)C[C@H](CN2CC[C@@H]3CCCC32)O1. The van der Waals surface area contributed by atoms with Crippen molar-refractivity contribution in [2.75, 3.05) is 31.1 Å². The second-order valence-corrected chi connectivity index (χ2v) is 8.36. The summed E-state index contributed by atoms with van der Waals surface area (Å²) in [6.07, 6.45) is 7.73. The lowest BCUT2D eigenvalue weighted by Gasteiger charge is -2.40. The summed E-state index contributed by atoms with van der Waals surface area (Å²) in [7, 11) is 0. The smallest absolute Gasteiger partial charge is 0.142 e. The highest BCUT2D eigenvalue weighted by Crippen LogP contribution is 2.38. The predicted octanol–water partition coefficient (Wildman–Crippen LogP) is 2.67. The number of anilines is 1. The Bertz CT molecular complexity index is 871. The number of ether oxygens (including phenoxy) is 1. The molecule has 2 aromatic rings. The first-order valence-corrected chi connectivity index (χ1v) is 10.2. The van der Waals surface area contributed by atoms with E-state index in [1.165, 1.54) is 32.2 Å². The van der Waals surface area contributed by atoms with E-state index in [9.17, 15) is 5.26 Å². The van der Waals surface area contributed by atoms with Crippen molar-refractivity contribution in [1.29, 1.82) is 5.26 Å². The Kier molecular flexibility index (Phi) is 4.30. The molecule has 0 N–H and O–H groups in total. The van der Waals surface area contributed by atoms with Gasteiger partial charge < -0.3 is 9.64 Å². The molecule has 6 nitrogen and oxygen atoms in total. The highest BCUT2D eigenvalue weighted by molar-refractivity contribution is 5.74. The summed E-state index contributed by atoms with van der Waals surface area (Å²) in [5.74, 6) is 0.923. The Labute approximate surface area is 160 Å². The summed E-state index contributed by atoms with van der Waals surface area (Å²) < 4.78 is 8.07. The van der Waals surface area contributed by atoms with Gasteiger partial charge in [0, 0.05) is 25.7 Å². The summed E-state index contributed by atoms with van der Waals surface area (Å²) >= 11 is 0. The van der Waals surface area contributed by atoms with Gasteiger partial charge in [0.2, 0.25) is 0 Å². The van der Waals surface area contributed by atoms with Gasteiger partial charge in [-0.2, -0.15) is 10.4 Å². The van der Waals surface area contributed by atoms with Gasteiger partial charge in [0.1, 0.15) is 11.8 Å². The van der Waals surface area contributed by atoms with E-state index in [2.05, 4.69) is 34.0 Å². The maximum atomic E-state index is 9.32. The van der Waals surface area contributed by atoms with Crippen molar-refractivity contribution in [3.05, 3.63) is 30.1 Å². The molecule has 0 aromatic carbocycles. The monoisotopic (exact) mass is 365 g/mol. The van der Waals surface area contributed by atoms with Gasteiger partial charge in [0.15, 0.2) is 0 Å². The molecule has 27 heavy (non-hydrogen) atoms. The lowest BCUT2D eigenvalue weighted by Crippen LogP contribution is -2.51. The second-order valence-electron chi connectivity index (χ2n) is 8.36. The van der Waals surface area contributed by atoms with E-state index in [1.807, 2.05) is 12.1 Å². The largest absolute Gasteiger partial charge is 0.370 e. The van der Waals surface area contributed by atoms with Crippen LogP contribution in [-0.2, 0) is 4.74 Å². The van der Waals surface area contributed by atoms with Crippen LogP contribution in [0, 0.1) is 17.2 Å². The number of nitriles is 1. The molecular formula is C21H27N5O. The zero-order valence-electron chi connectivity index (χ0n) is 15.9. The van der Waals surface area contributed by atoms with Crippen molar-refractivity contribution >= 4 is 11.2 Å². The highest BCUT2D eigenvalue weighted by Gasteiger charge is 2.39. The molecular weight excluding hydrogens is 338 g/mol.